The second-order valence-electron chi connectivity index (χ2n) is 8.65. The average molecular weight is 397 g/mol. The number of methoxy groups -OCH3 is 1. The summed E-state index contributed by atoms with van der Waals surface area (Å²) in [5.74, 6) is 2.34. The summed E-state index contributed by atoms with van der Waals surface area (Å²) >= 11 is 0. The van der Waals surface area contributed by atoms with Crippen LogP contribution in [0.25, 0.3) is 0 Å². The number of hydrogen-bond donors (Lipinski definition) is 0. The molecule has 6 heteroatoms. The monoisotopic (exact) mass is 396 g/mol. The minimum atomic E-state index is -0.0752. The molecule has 0 aliphatic carbocycles. The first kappa shape index (κ1) is 20.1. The van der Waals surface area contributed by atoms with Gasteiger partial charge < -0.3 is 14.2 Å². The normalized spacial score (nSPS) is 19.5. The van der Waals surface area contributed by atoms with Crippen molar-refractivity contribution in [1.82, 2.24) is 19.4 Å². The van der Waals surface area contributed by atoms with Crippen molar-refractivity contribution in [3.8, 4) is 5.75 Å². The maximum Gasteiger partial charge on any atom is 0.273 e. The lowest BCUT2D eigenvalue weighted by molar-refractivity contribution is 0.196. The SMILES string of the molecule is COc1ccc(CN2CCC[C@@H](c3cc(=O)nc4n3CCC4)C2)cc1CN(C)C. The largest absolute Gasteiger partial charge is 0.496 e. The molecule has 3 heterocycles. The van der Waals surface area contributed by atoms with Gasteiger partial charge >= 0.3 is 0 Å². The van der Waals surface area contributed by atoms with Crippen LogP contribution >= 0.6 is 0 Å². The molecule has 1 aromatic heterocycles. The zero-order valence-corrected chi connectivity index (χ0v) is 17.9. The molecular formula is C23H32N4O2. The van der Waals surface area contributed by atoms with Crippen LogP contribution in [-0.2, 0) is 26.1 Å². The Bertz CT molecular complexity index is 922. The first-order valence-corrected chi connectivity index (χ1v) is 10.7. The van der Waals surface area contributed by atoms with E-state index in [-0.39, 0.29) is 5.56 Å². The summed E-state index contributed by atoms with van der Waals surface area (Å²) in [6.45, 7) is 4.90. The molecular weight excluding hydrogens is 364 g/mol. The molecule has 0 unspecified atom stereocenters. The highest BCUT2D eigenvalue weighted by molar-refractivity contribution is 5.37. The third kappa shape index (κ3) is 4.54. The highest BCUT2D eigenvalue weighted by Crippen LogP contribution is 2.30. The maximum absolute atomic E-state index is 12.1. The van der Waals surface area contributed by atoms with Crippen molar-refractivity contribution in [1.29, 1.82) is 0 Å². The predicted octanol–water partition coefficient (Wildman–Crippen LogP) is 2.64. The van der Waals surface area contributed by atoms with Crippen LogP contribution < -0.4 is 10.3 Å². The average Bonchev–Trinajstić information content (AvgIpc) is 3.15. The third-order valence-electron chi connectivity index (χ3n) is 6.08. The Morgan fingerprint density at radius 3 is 2.86 bits per heavy atom. The van der Waals surface area contributed by atoms with E-state index < -0.39 is 0 Å². The number of hydrogen-bond acceptors (Lipinski definition) is 5. The quantitative estimate of drug-likeness (QED) is 0.751. The van der Waals surface area contributed by atoms with Crippen molar-refractivity contribution in [2.75, 3.05) is 34.3 Å². The van der Waals surface area contributed by atoms with Gasteiger partial charge in [0, 0.05) is 55.8 Å². The standard InChI is InChI=1S/C23H32N4O2/c1-25(2)15-19-12-17(8-9-21(19)29-3)14-26-10-4-6-18(16-26)20-13-23(28)24-22-7-5-11-27(20)22/h8-9,12-13,18H,4-7,10-11,14-16H2,1-3H3/t18-/m1/s1. The Labute approximate surface area is 173 Å². The predicted molar refractivity (Wildman–Crippen MR) is 114 cm³/mol. The van der Waals surface area contributed by atoms with Gasteiger partial charge in [-0.2, -0.15) is 4.98 Å². The van der Waals surface area contributed by atoms with Gasteiger partial charge in [0.25, 0.3) is 5.56 Å². The molecule has 1 fully saturated rings. The summed E-state index contributed by atoms with van der Waals surface area (Å²) in [5, 5.41) is 0. The van der Waals surface area contributed by atoms with Crippen molar-refractivity contribution in [2.24, 2.45) is 0 Å². The van der Waals surface area contributed by atoms with Crippen LogP contribution in [0.5, 0.6) is 5.75 Å². The zero-order chi connectivity index (χ0) is 20.4. The van der Waals surface area contributed by atoms with Crippen molar-refractivity contribution in [3.05, 3.63) is 57.3 Å². The molecule has 6 nitrogen and oxygen atoms in total. The van der Waals surface area contributed by atoms with Crippen LogP contribution in [0.1, 0.15) is 47.8 Å². The highest BCUT2D eigenvalue weighted by Gasteiger charge is 2.26. The van der Waals surface area contributed by atoms with Gasteiger partial charge in [-0.1, -0.05) is 6.07 Å². The Morgan fingerprint density at radius 2 is 2.07 bits per heavy atom. The van der Waals surface area contributed by atoms with E-state index in [1.54, 1.807) is 13.2 Å². The Kier molecular flexibility index (Phi) is 6.01. The van der Waals surface area contributed by atoms with Crippen LogP contribution in [-0.4, -0.2) is 53.6 Å². The molecule has 0 N–H and O–H groups in total. The van der Waals surface area contributed by atoms with Crippen molar-refractivity contribution in [2.45, 2.75) is 51.2 Å². The van der Waals surface area contributed by atoms with E-state index >= 15 is 0 Å². The summed E-state index contributed by atoms with van der Waals surface area (Å²) in [6.07, 6.45) is 4.34. The molecule has 2 aliphatic rings. The van der Waals surface area contributed by atoms with Gasteiger partial charge in [-0.15, -0.1) is 0 Å². The van der Waals surface area contributed by atoms with Gasteiger partial charge in [-0.3, -0.25) is 9.69 Å². The van der Waals surface area contributed by atoms with Crippen molar-refractivity contribution >= 4 is 0 Å². The van der Waals surface area contributed by atoms with Crippen LogP contribution in [0.3, 0.4) is 0 Å². The molecule has 29 heavy (non-hydrogen) atoms. The van der Waals surface area contributed by atoms with Crippen LogP contribution in [0, 0.1) is 0 Å². The lowest BCUT2D eigenvalue weighted by Gasteiger charge is -2.34. The second kappa shape index (κ2) is 8.67. The fourth-order valence-corrected chi connectivity index (χ4v) is 4.85. The number of fused-ring (bicyclic) bond motifs is 1. The highest BCUT2D eigenvalue weighted by atomic mass is 16.5. The fraction of sp³-hybridized carbons (Fsp3) is 0.565. The lowest BCUT2D eigenvalue weighted by atomic mass is 9.93. The van der Waals surface area contributed by atoms with E-state index in [4.69, 9.17) is 4.74 Å². The number of likely N-dealkylation sites (tertiary alicyclic amines) is 1. The Hall–Kier alpha value is -2.18. The molecule has 0 spiro atoms. The molecule has 1 saturated heterocycles. The van der Waals surface area contributed by atoms with Gasteiger partial charge in [0.2, 0.25) is 0 Å². The summed E-state index contributed by atoms with van der Waals surface area (Å²) in [6, 6.07) is 8.32. The maximum atomic E-state index is 12.1. The molecule has 0 bridgehead atoms. The summed E-state index contributed by atoms with van der Waals surface area (Å²) < 4.78 is 7.85. The number of rotatable bonds is 6. The number of piperidine rings is 1. The van der Waals surface area contributed by atoms with Gasteiger partial charge in [-0.05, 0) is 57.6 Å². The van der Waals surface area contributed by atoms with E-state index in [1.165, 1.54) is 16.8 Å². The molecule has 1 atom stereocenters. The molecule has 0 saturated carbocycles. The van der Waals surface area contributed by atoms with Gasteiger partial charge in [0.15, 0.2) is 0 Å². The lowest BCUT2D eigenvalue weighted by Crippen LogP contribution is -2.35. The zero-order valence-electron chi connectivity index (χ0n) is 17.9. The van der Waals surface area contributed by atoms with E-state index in [1.807, 2.05) is 0 Å². The van der Waals surface area contributed by atoms with E-state index in [2.05, 4.69) is 51.6 Å². The summed E-state index contributed by atoms with van der Waals surface area (Å²) in [7, 11) is 5.89. The molecule has 4 rings (SSSR count). The fourth-order valence-electron chi connectivity index (χ4n) is 4.85. The van der Waals surface area contributed by atoms with E-state index in [9.17, 15) is 4.79 Å². The third-order valence-corrected chi connectivity index (χ3v) is 6.08. The molecule has 0 radical (unpaired) electrons. The number of aryl methyl sites for hydroxylation is 1. The molecule has 156 valence electrons. The minimum absolute atomic E-state index is 0.0752. The first-order valence-electron chi connectivity index (χ1n) is 10.7. The van der Waals surface area contributed by atoms with Crippen molar-refractivity contribution < 1.29 is 4.74 Å². The molecule has 1 aromatic carbocycles. The minimum Gasteiger partial charge on any atom is -0.496 e. The number of ether oxygens (including phenoxy) is 1. The van der Waals surface area contributed by atoms with Gasteiger partial charge in [0.1, 0.15) is 11.6 Å². The molecule has 0 amide bonds. The smallest absolute Gasteiger partial charge is 0.273 e. The molecule has 2 aliphatic heterocycles. The van der Waals surface area contributed by atoms with Gasteiger partial charge in [-0.25, -0.2) is 0 Å². The van der Waals surface area contributed by atoms with Crippen LogP contribution in [0.4, 0.5) is 0 Å². The first-order chi connectivity index (χ1) is 14.0. The van der Waals surface area contributed by atoms with Gasteiger partial charge in [0.05, 0.1) is 7.11 Å². The number of nitrogens with zero attached hydrogens (tertiary/aromatic N) is 4. The van der Waals surface area contributed by atoms with E-state index in [0.717, 1.165) is 70.0 Å². The number of benzene rings is 1. The Morgan fingerprint density at radius 1 is 1.21 bits per heavy atom. The van der Waals surface area contributed by atoms with E-state index in [0.29, 0.717) is 5.92 Å². The summed E-state index contributed by atoms with van der Waals surface area (Å²) in [5.41, 5.74) is 3.67. The van der Waals surface area contributed by atoms with Crippen LogP contribution in [0.15, 0.2) is 29.1 Å². The number of aromatic nitrogens is 2. The van der Waals surface area contributed by atoms with Crippen LogP contribution in [0.2, 0.25) is 0 Å². The van der Waals surface area contributed by atoms with Crippen molar-refractivity contribution in [3.63, 3.8) is 0 Å². The summed E-state index contributed by atoms with van der Waals surface area (Å²) in [4.78, 5) is 21.0. The topological polar surface area (TPSA) is 50.6 Å². The Balaban J connectivity index is 1.51. The molecule has 2 aromatic rings. The second-order valence-corrected chi connectivity index (χ2v) is 8.65.